The summed E-state index contributed by atoms with van der Waals surface area (Å²) in [5.41, 5.74) is 0.997. The Morgan fingerprint density at radius 2 is 2.05 bits per heavy atom. The molecular weight excluding hydrogens is 266 g/mol. The van der Waals surface area contributed by atoms with Crippen molar-refractivity contribution in [2.24, 2.45) is 5.92 Å². The van der Waals surface area contributed by atoms with E-state index in [1.807, 2.05) is 6.07 Å². The zero-order valence-corrected chi connectivity index (χ0v) is 12.9. The van der Waals surface area contributed by atoms with Crippen LogP contribution in [0.5, 0.6) is 11.5 Å². The van der Waals surface area contributed by atoms with Gasteiger partial charge in [-0.15, -0.1) is 0 Å². The van der Waals surface area contributed by atoms with Crippen LogP contribution in [0.1, 0.15) is 44.6 Å². The minimum absolute atomic E-state index is 0.113. The van der Waals surface area contributed by atoms with Crippen molar-refractivity contribution < 1.29 is 14.6 Å². The number of nitrogens with one attached hydrogen (secondary N) is 1. The summed E-state index contributed by atoms with van der Waals surface area (Å²) in [6.07, 6.45) is 5.74. The fourth-order valence-electron chi connectivity index (χ4n) is 2.84. The molecule has 1 saturated carbocycles. The lowest BCUT2D eigenvalue weighted by Crippen LogP contribution is -2.37. The highest BCUT2D eigenvalue weighted by Gasteiger charge is 2.19. The van der Waals surface area contributed by atoms with Gasteiger partial charge >= 0.3 is 0 Å². The van der Waals surface area contributed by atoms with Gasteiger partial charge in [0.2, 0.25) is 5.91 Å². The second-order valence-electron chi connectivity index (χ2n) is 6.03. The van der Waals surface area contributed by atoms with Crippen molar-refractivity contribution in [1.29, 1.82) is 0 Å². The Balaban J connectivity index is 1.78. The molecule has 4 heteroatoms. The average molecular weight is 291 g/mol. The van der Waals surface area contributed by atoms with Crippen LogP contribution >= 0.6 is 0 Å². The zero-order chi connectivity index (χ0) is 15.2. The van der Waals surface area contributed by atoms with Gasteiger partial charge in [0.05, 0.1) is 7.11 Å². The first-order chi connectivity index (χ1) is 10.1. The molecule has 1 aliphatic rings. The lowest BCUT2D eigenvalue weighted by atomic mass is 9.87. The van der Waals surface area contributed by atoms with Crippen molar-refractivity contribution in [1.82, 2.24) is 5.32 Å². The molecule has 116 valence electrons. The summed E-state index contributed by atoms with van der Waals surface area (Å²) in [4.78, 5) is 12.0. The van der Waals surface area contributed by atoms with Gasteiger partial charge in [-0.05, 0) is 55.7 Å². The molecule has 1 amide bonds. The van der Waals surface area contributed by atoms with Crippen LogP contribution in [0.3, 0.4) is 0 Å². The Kier molecular flexibility index (Phi) is 5.48. The second-order valence-corrected chi connectivity index (χ2v) is 6.03. The van der Waals surface area contributed by atoms with Crippen molar-refractivity contribution in [2.45, 2.75) is 51.5 Å². The highest BCUT2D eigenvalue weighted by atomic mass is 16.5. The van der Waals surface area contributed by atoms with Gasteiger partial charge in [0.25, 0.3) is 0 Å². The second kappa shape index (κ2) is 7.34. The number of aryl methyl sites for hydroxylation is 1. The number of hydrogen-bond acceptors (Lipinski definition) is 3. The molecule has 1 aromatic rings. The van der Waals surface area contributed by atoms with Crippen molar-refractivity contribution in [3.05, 3.63) is 23.8 Å². The highest BCUT2D eigenvalue weighted by molar-refractivity contribution is 5.76. The van der Waals surface area contributed by atoms with Crippen LogP contribution in [0.2, 0.25) is 0 Å². The number of carbonyl (C=O) groups excluding carboxylic acids is 1. The number of phenolic OH excluding ortho intramolecular Hbond substituents is 1. The van der Waals surface area contributed by atoms with E-state index in [9.17, 15) is 9.90 Å². The summed E-state index contributed by atoms with van der Waals surface area (Å²) in [6, 6.07) is 5.57. The monoisotopic (exact) mass is 291 g/mol. The van der Waals surface area contributed by atoms with E-state index in [0.29, 0.717) is 24.6 Å². The smallest absolute Gasteiger partial charge is 0.220 e. The predicted octanol–water partition coefficient (Wildman–Crippen LogP) is 3.03. The number of benzene rings is 1. The average Bonchev–Trinajstić information content (AvgIpc) is 2.49. The molecule has 1 aromatic carbocycles. The third-order valence-electron chi connectivity index (χ3n) is 4.27. The maximum Gasteiger partial charge on any atom is 0.220 e. The molecule has 0 atom stereocenters. The van der Waals surface area contributed by atoms with Crippen LogP contribution < -0.4 is 10.1 Å². The van der Waals surface area contributed by atoms with Crippen LogP contribution in [0.25, 0.3) is 0 Å². The summed E-state index contributed by atoms with van der Waals surface area (Å²) in [6.45, 7) is 2.27. The van der Waals surface area contributed by atoms with Gasteiger partial charge < -0.3 is 15.2 Å². The van der Waals surface area contributed by atoms with Crippen LogP contribution in [0, 0.1) is 5.92 Å². The molecule has 21 heavy (non-hydrogen) atoms. The molecule has 0 heterocycles. The summed E-state index contributed by atoms with van der Waals surface area (Å²) in [7, 11) is 1.52. The summed E-state index contributed by atoms with van der Waals surface area (Å²) >= 11 is 0. The lowest BCUT2D eigenvalue weighted by Gasteiger charge is -2.26. The van der Waals surface area contributed by atoms with E-state index in [1.54, 1.807) is 12.1 Å². The Morgan fingerprint density at radius 1 is 1.33 bits per heavy atom. The molecule has 0 unspecified atom stereocenters. The van der Waals surface area contributed by atoms with Gasteiger partial charge in [-0.2, -0.15) is 0 Å². The molecule has 0 radical (unpaired) electrons. The van der Waals surface area contributed by atoms with Gasteiger partial charge in [-0.3, -0.25) is 4.79 Å². The van der Waals surface area contributed by atoms with Crippen LogP contribution in [0.4, 0.5) is 0 Å². The Hall–Kier alpha value is -1.71. The first-order valence-corrected chi connectivity index (χ1v) is 7.73. The van der Waals surface area contributed by atoms with Gasteiger partial charge in [0.1, 0.15) is 0 Å². The van der Waals surface area contributed by atoms with Gasteiger partial charge in [-0.1, -0.05) is 13.0 Å². The first kappa shape index (κ1) is 15.7. The van der Waals surface area contributed by atoms with Gasteiger partial charge in [0.15, 0.2) is 11.5 Å². The molecule has 2 N–H and O–H groups in total. The van der Waals surface area contributed by atoms with Crippen molar-refractivity contribution in [3.8, 4) is 11.5 Å². The minimum atomic E-state index is 0.113. The number of amides is 1. The van der Waals surface area contributed by atoms with Crippen molar-refractivity contribution >= 4 is 5.91 Å². The molecule has 1 aliphatic carbocycles. The molecule has 0 aliphatic heterocycles. The highest BCUT2D eigenvalue weighted by Crippen LogP contribution is 2.27. The summed E-state index contributed by atoms with van der Waals surface area (Å²) in [5, 5.41) is 12.7. The largest absolute Gasteiger partial charge is 0.504 e. The maximum atomic E-state index is 12.0. The SMILES string of the molecule is COc1cc(CCC(=O)NC2CCC(C)CC2)ccc1O. The zero-order valence-electron chi connectivity index (χ0n) is 12.9. The Bertz CT molecular complexity index is 479. The fraction of sp³-hybridized carbons (Fsp3) is 0.588. The van der Waals surface area contributed by atoms with E-state index in [1.165, 1.54) is 20.0 Å². The number of carbonyl (C=O) groups is 1. The van der Waals surface area contributed by atoms with Crippen LogP contribution in [-0.4, -0.2) is 24.2 Å². The molecule has 1 fully saturated rings. The lowest BCUT2D eigenvalue weighted by molar-refractivity contribution is -0.122. The number of phenols is 1. The Labute approximate surface area is 126 Å². The standard InChI is InChI=1S/C17H25NO3/c1-12-3-7-14(8-4-12)18-17(20)10-6-13-5-9-15(19)16(11-13)21-2/h5,9,11-12,14,19H,3-4,6-8,10H2,1-2H3,(H,18,20). The van der Waals surface area contributed by atoms with Gasteiger partial charge in [0, 0.05) is 12.5 Å². The van der Waals surface area contributed by atoms with Crippen molar-refractivity contribution in [2.75, 3.05) is 7.11 Å². The van der Waals surface area contributed by atoms with Crippen LogP contribution in [-0.2, 0) is 11.2 Å². The summed E-state index contributed by atoms with van der Waals surface area (Å²) in [5.74, 6) is 1.49. The topological polar surface area (TPSA) is 58.6 Å². The van der Waals surface area contributed by atoms with E-state index in [4.69, 9.17) is 4.74 Å². The van der Waals surface area contributed by atoms with E-state index >= 15 is 0 Å². The summed E-state index contributed by atoms with van der Waals surface area (Å²) < 4.78 is 5.07. The number of hydrogen-bond donors (Lipinski definition) is 2. The molecular formula is C17H25NO3. The molecule has 4 nitrogen and oxygen atoms in total. The Morgan fingerprint density at radius 3 is 2.71 bits per heavy atom. The third-order valence-corrected chi connectivity index (χ3v) is 4.27. The number of ether oxygens (including phenoxy) is 1. The normalized spacial score (nSPS) is 21.8. The number of aromatic hydroxyl groups is 1. The molecule has 2 rings (SSSR count). The first-order valence-electron chi connectivity index (χ1n) is 7.73. The van der Waals surface area contributed by atoms with E-state index in [0.717, 1.165) is 24.3 Å². The number of rotatable bonds is 5. The number of methoxy groups -OCH3 is 1. The van der Waals surface area contributed by atoms with E-state index in [2.05, 4.69) is 12.2 Å². The van der Waals surface area contributed by atoms with Crippen LogP contribution in [0.15, 0.2) is 18.2 Å². The van der Waals surface area contributed by atoms with E-state index in [-0.39, 0.29) is 11.7 Å². The molecule has 0 spiro atoms. The maximum absolute atomic E-state index is 12.0. The molecule has 0 bridgehead atoms. The van der Waals surface area contributed by atoms with Gasteiger partial charge in [-0.25, -0.2) is 0 Å². The fourth-order valence-corrected chi connectivity index (χ4v) is 2.84. The quantitative estimate of drug-likeness (QED) is 0.876. The predicted molar refractivity (Wildman–Crippen MR) is 82.5 cm³/mol. The molecule has 0 aromatic heterocycles. The van der Waals surface area contributed by atoms with Crippen molar-refractivity contribution in [3.63, 3.8) is 0 Å². The minimum Gasteiger partial charge on any atom is -0.504 e. The molecule has 0 saturated heterocycles. The third kappa shape index (κ3) is 4.66. The van der Waals surface area contributed by atoms with E-state index < -0.39 is 0 Å².